The van der Waals surface area contributed by atoms with Gasteiger partial charge in [0.25, 0.3) is 0 Å². The lowest BCUT2D eigenvalue weighted by molar-refractivity contribution is -0.273. The average Bonchev–Trinajstić information content (AvgIpc) is 3.26. The van der Waals surface area contributed by atoms with Crippen molar-refractivity contribution in [2.75, 3.05) is 13.2 Å². The molecule has 0 unspecified atom stereocenters. The highest BCUT2D eigenvalue weighted by Gasteiger charge is 2.69. The molecule has 6 rings (SSSR count). The van der Waals surface area contributed by atoms with Crippen LogP contribution in [0.25, 0.3) is 0 Å². The molecule has 35 heavy (non-hydrogen) atoms. The minimum Gasteiger partial charge on any atom is -0.479 e. The molecule has 4 aliphatic carbocycles. The van der Waals surface area contributed by atoms with E-state index in [1.165, 1.54) is 57.8 Å². The zero-order chi connectivity index (χ0) is 24.6. The smallest absolute Gasteiger partial charge is 0.220 e. The molecule has 4 saturated carbocycles. The summed E-state index contributed by atoms with van der Waals surface area (Å²) in [4.78, 5) is 0. The lowest BCUT2D eigenvalue weighted by atomic mass is 9.44. The van der Waals surface area contributed by atoms with E-state index in [0.29, 0.717) is 46.5 Å². The lowest BCUT2D eigenvalue weighted by Crippen LogP contribution is -2.55. The van der Waals surface area contributed by atoms with Crippen LogP contribution in [0.15, 0.2) is 0 Å². The molecule has 6 aliphatic rings. The van der Waals surface area contributed by atoms with Gasteiger partial charge < -0.3 is 14.2 Å². The lowest BCUT2D eigenvalue weighted by Gasteiger charge is -2.61. The van der Waals surface area contributed by atoms with Crippen LogP contribution >= 0.6 is 24.0 Å². The van der Waals surface area contributed by atoms with Gasteiger partial charge in [-0.05, 0) is 123 Å². The van der Waals surface area contributed by atoms with E-state index in [-0.39, 0.29) is 5.79 Å². The Morgan fingerprint density at radius 1 is 0.971 bits per heavy atom. The van der Waals surface area contributed by atoms with Gasteiger partial charge in [0.1, 0.15) is 0 Å². The van der Waals surface area contributed by atoms with Crippen molar-refractivity contribution in [2.24, 2.45) is 52.3 Å². The summed E-state index contributed by atoms with van der Waals surface area (Å²) in [6.07, 6.45) is 13.8. The summed E-state index contributed by atoms with van der Waals surface area (Å²) in [5.74, 6) is 5.10. The van der Waals surface area contributed by atoms with E-state index in [1.54, 1.807) is 0 Å². The van der Waals surface area contributed by atoms with Crippen molar-refractivity contribution in [1.29, 1.82) is 0 Å². The van der Waals surface area contributed by atoms with Gasteiger partial charge in [0, 0.05) is 17.6 Å². The maximum absolute atomic E-state index is 6.96. The minimum absolute atomic E-state index is 0.283. The van der Waals surface area contributed by atoms with Gasteiger partial charge >= 0.3 is 0 Å². The zero-order valence-corrected chi connectivity index (χ0v) is 24.4. The highest BCUT2D eigenvalue weighted by molar-refractivity contribution is 8.23. The number of rotatable bonds is 2. The molecule has 198 valence electrons. The Morgan fingerprint density at radius 2 is 1.77 bits per heavy atom. The fraction of sp³-hybridized carbons (Fsp3) is 0.967. The van der Waals surface area contributed by atoms with E-state index in [4.69, 9.17) is 26.4 Å². The fourth-order valence-corrected chi connectivity index (χ4v) is 12.2. The third-order valence-electron chi connectivity index (χ3n) is 12.4. The third kappa shape index (κ3) is 3.90. The van der Waals surface area contributed by atoms with Crippen LogP contribution in [-0.2, 0) is 14.2 Å². The first-order valence-corrected chi connectivity index (χ1v) is 16.1. The molecule has 2 aliphatic heterocycles. The van der Waals surface area contributed by atoms with Gasteiger partial charge in [-0.1, -0.05) is 39.5 Å². The molecule has 0 N–H and O–H groups in total. The van der Waals surface area contributed by atoms with E-state index in [2.05, 4.69) is 27.7 Å². The number of thiocarbonyl (C=S) groups is 1. The van der Waals surface area contributed by atoms with E-state index >= 15 is 0 Å². The summed E-state index contributed by atoms with van der Waals surface area (Å²) >= 11 is 7.33. The van der Waals surface area contributed by atoms with Crippen LogP contribution in [0.4, 0.5) is 0 Å². The highest BCUT2D eigenvalue weighted by Crippen LogP contribution is 2.71. The second-order valence-electron chi connectivity index (χ2n) is 13.9. The Morgan fingerprint density at radius 3 is 2.51 bits per heavy atom. The number of thioether (sulfide) groups is 1. The van der Waals surface area contributed by atoms with Gasteiger partial charge in [-0.25, -0.2) is 0 Å². The van der Waals surface area contributed by atoms with Gasteiger partial charge in [-0.2, -0.15) is 0 Å². The van der Waals surface area contributed by atoms with Crippen LogP contribution in [0.2, 0.25) is 0 Å². The van der Waals surface area contributed by atoms with Crippen molar-refractivity contribution in [2.45, 2.75) is 116 Å². The predicted octanol–water partition coefficient (Wildman–Crippen LogP) is 7.86. The van der Waals surface area contributed by atoms with E-state index < -0.39 is 0 Å². The molecule has 12 atom stereocenters. The fourth-order valence-electron chi connectivity index (χ4n) is 10.6. The molecule has 1 spiro atoms. The monoisotopic (exact) mass is 520 g/mol. The molecule has 0 aromatic heterocycles. The summed E-state index contributed by atoms with van der Waals surface area (Å²) in [5.41, 5.74) is 0.948. The summed E-state index contributed by atoms with van der Waals surface area (Å²) in [6.45, 7) is 13.8. The molecule has 0 amide bonds. The molecule has 0 aromatic carbocycles. The van der Waals surface area contributed by atoms with Crippen molar-refractivity contribution >= 4 is 28.4 Å². The molecule has 0 radical (unpaired) electrons. The molecular weight excluding hydrogens is 472 g/mol. The van der Waals surface area contributed by atoms with E-state index in [0.717, 1.165) is 41.1 Å². The van der Waals surface area contributed by atoms with Gasteiger partial charge in [-0.3, -0.25) is 0 Å². The molecule has 0 aromatic rings. The first-order chi connectivity index (χ1) is 16.7. The maximum atomic E-state index is 6.96. The number of ether oxygens (including phenoxy) is 3. The van der Waals surface area contributed by atoms with Crippen LogP contribution in [0, 0.1) is 52.3 Å². The van der Waals surface area contributed by atoms with Crippen molar-refractivity contribution in [1.82, 2.24) is 0 Å². The third-order valence-corrected chi connectivity index (χ3v) is 13.9. The van der Waals surface area contributed by atoms with Crippen LogP contribution in [0.5, 0.6) is 0 Å². The average molecular weight is 521 g/mol. The summed E-state index contributed by atoms with van der Waals surface area (Å²) < 4.78 is 19.9. The molecule has 0 bridgehead atoms. The molecule has 5 heteroatoms. The second-order valence-corrected chi connectivity index (χ2v) is 15.8. The quantitative estimate of drug-likeness (QED) is 0.346. The Hall–Kier alpha value is 0.160. The summed E-state index contributed by atoms with van der Waals surface area (Å²) in [5, 5.41) is 0.659. The van der Waals surface area contributed by atoms with Gasteiger partial charge in [-0.15, -0.1) is 0 Å². The first-order valence-electron chi connectivity index (χ1n) is 14.9. The van der Waals surface area contributed by atoms with Crippen LogP contribution in [0.3, 0.4) is 0 Å². The Bertz CT molecular complexity index is 824. The topological polar surface area (TPSA) is 27.7 Å². The van der Waals surface area contributed by atoms with Crippen molar-refractivity contribution < 1.29 is 14.2 Å². The van der Waals surface area contributed by atoms with Crippen LogP contribution < -0.4 is 0 Å². The largest absolute Gasteiger partial charge is 0.479 e. The predicted molar refractivity (Wildman–Crippen MR) is 147 cm³/mol. The molecule has 6 fully saturated rings. The Balaban J connectivity index is 1.17. The Labute approximate surface area is 223 Å². The van der Waals surface area contributed by atoms with E-state index in [1.807, 2.05) is 18.7 Å². The molecule has 3 nitrogen and oxygen atoms in total. The second kappa shape index (κ2) is 9.12. The van der Waals surface area contributed by atoms with Crippen molar-refractivity contribution in [3.63, 3.8) is 0 Å². The van der Waals surface area contributed by atoms with Crippen molar-refractivity contribution in [3.8, 4) is 0 Å². The SMILES string of the molecule is CCOC(=S)S[C@H]1CC[C@@]2(C)[C@@H](CC[C@@H]3[C@@H]2CC[C@]2(C)[C@@H]4[C@H](C[C@@H]32)O[C@]2(CC[C@@H](C)CO2)[C@H]4C)C1. The van der Waals surface area contributed by atoms with Gasteiger partial charge in [0.15, 0.2) is 5.79 Å². The Kier molecular flexibility index (Phi) is 6.63. The molecular formula is C30H48O3S2. The zero-order valence-electron chi connectivity index (χ0n) is 22.7. The van der Waals surface area contributed by atoms with Crippen LogP contribution in [-0.4, -0.2) is 34.7 Å². The van der Waals surface area contributed by atoms with E-state index in [9.17, 15) is 0 Å². The van der Waals surface area contributed by atoms with Gasteiger partial charge in [0.05, 0.1) is 19.3 Å². The number of fused-ring (bicyclic) bond motifs is 7. The van der Waals surface area contributed by atoms with Crippen LogP contribution in [0.1, 0.15) is 98.8 Å². The number of hydrogen-bond donors (Lipinski definition) is 0. The minimum atomic E-state index is -0.283. The van der Waals surface area contributed by atoms with Crippen molar-refractivity contribution in [3.05, 3.63) is 0 Å². The number of hydrogen-bond acceptors (Lipinski definition) is 5. The van der Waals surface area contributed by atoms with Gasteiger partial charge in [0.2, 0.25) is 4.38 Å². The summed E-state index contributed by atoms with van der Waals surface area (Å²) in [6, 6.07) is 0. The maximum Gasteiger partial charge on any atom is 0.220 e. The first kappa shape index (κ1) is 25.4. The molecule has 2 heterocycles. The standard InChI is InChI=1S/C30H48O3S2/c1-6-31-27(34)35-21-10-12-28(4)20(15-21)7-8-22-23(28)11-13-29(5)24(22)16-25-26(29)19(3)30(33-25)14-9-18(2)17-32-30/h18-26H,6-17H2,1-5H3/t18-,19+,20+,21+,22-,23+,24+,25+,26+,28+,29+,30-/m1/s1. The highest BCUT2D eigenvalue weighted by atomic mass is 32.2. The molecule has 2 saturated heterocycles. The normalized spacial score (nSPS) is 55.1. The summed E-state index contributed by atoms with van der Waals surface area (Å²) in [7, 11) is 0.